The van der Waals surface area contributed by atoms with Gasteiger partial charge in [0.2, 0.25) is 5.91 Å². The molecule has 1 atom stereocenters. The van der Waals surface area contributed by atoms with E-state index in [0.717, 1.165) is 25.4 Å². The van der Waals surface area contributed by atoms with Crippen molar-refractivity contribution in [3.63, 3.8) is 0 Å². The van der Waals surface area contributed by atoms with Crippen LogP contribution in [0.25, 0.3) is 0 Å². The summed E-state index contributed by atoms with van der Waals surface area (Å²) in [4.78, 5) is 14.1. The van der Waals surface area contributed by atoms with Gasteiger partial charge in [0.1, 0.15) is 0 Å². The molecule has 1 saturated heterocycles. The Balaban J connectivity index is 1.70. The molecule has 0 aromatic heterocycles. The third-order valence-corrected chi connectivity index (χ3v) is 4.33. The van der Waals surface area contributed by atoms with E-state index >= 15 is 0 Å². The van der Waals surface area contributed by atoms with Crippen LogP contribution in [0.1, 0.15) is 39.0 Å². The van der Waals surface area contributed by atoms with Crippen LogP contribution in [0, 0.1) is 5.92 Å². The number of nitrogens with zero attached hydrogens (tertiary/aromatic N) is 1. The summed E-state index contributed by atoms with van der Waals surface area (Å²) in [5.74, 6) is 1.14. The minimum absolute atomic E-state index is 0.0992. The van der Waals surface area contributed by atoms with Crippen LogP contribution in [0.3, 0.4) is 0 Å². The van der Waals surface area contributed by atoms with E-state index in [0.29, 0.717) is 11.9 Å². The number of amides is 1. The second-order valence-corrected chi connectivity index (χ2v) is 5.12. The maximum atomic E-state index is 12.0. The molecule has 3 fully saturated rings. The highest BCUT2D eigenvalue weighted by atomic mass is 16.2. The third-order valence-electron chi connectivity index (χ3n) is 4.33. The molecule has 2 saturated carbocycles. The summed E-state index contributed by atoms with van der Waals surface area (Å²) in [6.07, 6.45) is 6.10. The van der Waals surface area contributed by atoms with Crippen molar-refractivity contribution in [2.24, 2.45) is 5.92 Å². The fourth-order valence-corrected chi connectivity index (χ4v) is 2.68. The minimum Gasteiger partial charge on any atom is -0.325 e. The first-order valence-corrected chi connectivity index (χ1v) is 5.79. The van der Waals surface area contributed by atoms with Crippen LogP contribution >= 0.6 is 0 Å². The molecule has 0 aromatic rings. The molecule has 0 radical (unpaired) electrons. The van der Waals surface area contributed by atoms with E-state index < -0.39 is 0 Å². The Kier molecular flexibility index (Phi) is 1.69. The summed E-state index contributed by atoms with van der Waals surface area (Å²) in [6, 6.07) is 0.462. The largest absolute Gasteiger partial charge is 0.325 e. The lowest BCUT2D eigenvalue weighted by Crippen LogP contribution is -2.43. The van der Waals surface area contributed by atoms with Gasteiger partial charge in [0.05, 0.1) is 12.2 Å². The molecular weight excluding hydrogens is 176 g/mol. The second kappa shape index (κ2) is 2.72. The molecule has 0 bridgehead atoms. The summed E-state index contributed by atoms with van der Waals surface area (Å²) in [7, 11) is 0. The molecule has 78 valence electrons. The Labute approximate surface area is 84.8 Å². The van der Waals surface area contributed by atoms with Crippen LogP contribution in [0.15, 0.2) is 0 Å². The van der Waals surface area contributed by atoms with Gasteiger partial charge in [0, 0.05) is 6.04 Å². The zero-order valence-corrected chi connectivity index (χ0v) is 8.75. The predicted molar refractivity (Wildman–Crippen MR) is 53.6 cm³/mol. The quantitative estimate of drug-likeness (QED) is 0.714. The van der Waals surface area contributed by atoms with Crippen molar-refractivity contribution in [2.45, 2.75) is 50.6 Å². The fourth-order valence-electron chi connectivity index (χ4n) is 2.68. The Morgan fingerprint density at radius 3 is 2.64 bits per heavy atom. The van der Waals surface area contributed by atoms with Gasteiger partial charge in [0.25, 0.3) is 0 Å². The van der Waals surface area contributed by atoms with Gasteiger partial charge in [-0.3, -0.25) is 10.1 Å². The van der Waals surface area contributed by atoms with Crippen molar-refractivity contribution in [1.82, 2.24) is 10.2 Å². The Morgan fingerprint density at radius 2 is 2.21 bits per heavy atom. The molecule has 14 heavy (non-hydrogen) atoms. The molecule has 1 spiro atoms. The number of carbonyl (C=O) groups is 1. The number of carbonyl (C=O) groups excluding carboxylic acids is 1. The summed E-state index contributed by atoms with van der Waals surface area (Å²) in [5.41, 5.74) is -0.0992. The first kappa shape index (κ1) is 8.72. The smallest absolute Gasteiger partial charge is 0.244 e. The molecular formula is C11H18N2O. The van der Waals surface area contributed by atoms with Crippen LogP contribution in [0.4, 0.5) is 0 Å². The van der Waals surface area contributed by atoms with Crippen molar-refractivity contribution >= 4 is 5.91 Å². The second-order valence-electron chi connectivity index (χ2n) is 5.12. The van der Waals surface area contributed by atoms with Crippen molar-refractivity contribution in [1.29, 1.82) is 0 Å². The van der Waals surface area contributed by atoms with Gasteiger partial charge in [-0.2, -0.15) is 0 Å². The molecule has 3 aliphatic rings. The van der Waals surface area contributed by atoms with Gasteiger partial charge in [0.15, 0.2) is 0 Å². The highest BCUT2D eigenvalue weighted by molar-refractivity contribution is 5.91. The fraction of sp³-hybridized carbons (Fsp3) is 0.909. The van der Waals surface area contributed by atoms with Crippen LogP contribution < -0.4 is 5.32 Å². The van der Waals surface area contributed by atoms with Gasteiger partial charge in [-0.25, -0.2) is 0 Å². The molecule has 3 heteroatoms. The van der Waals surface area contributed by atoms with Gasteiger partial charge < -0.3 is 4.90 Å². The summed E-state index contributed by atoms with van der Waals surface area (Å²) >= 11 is 0. The number of hydrogen-bond acceptors (Lipinski definition) is 2. The molecule has 1 unspecified atom stereocenters. The molecule has 1 amide bonds. The van der Waals surface area contributed by atoms with E-state index in [4.69, 9.17) is 0 Å². The Bertz CT molecular complexity index is 268. The topological polar surface area (TPSA) is 32.3 Å². The van der Waals surface area contributed by atoms with Gasteiger partial charge in [-0.15, -0.1) is 0 Å². The van der Waals surface area contributed by atoms with E-state index in [1.54, 1.807) is 0 Å². The molecule has 1 N–H and O–H groups in total. The maximum absolute atomic E-state index is 12.0. The first-order chi connectivity index (χ1) is 6.73. The number of rotatable bonds is 2. The van der Waals surface area contributed by atoms with Crippen molar-refractivity contribution in [3.8, 4) is 0 Å². The standard InChI is InChI=1S/C11H18N2O/c1-8(9-3-2-4-9)13-7-12-11(5-6-11)10(13)14/h8-9,12H,2-7H2,1H3. The van der Waals surface area contributed by atoms with E-state index in [2.05, 4.69) is 17.1 Å². The Hall–Kier alpha value is -0.570. The van der Waals surface area contributed by atoms with E-state index in [9.17, 15) is 4.79 Å². The lowest BCUT2D eigenvalue weighted by Gasteiger charge is -2.36. The first-order valence-electron chi connectivity index (χ1n) is 5.79. The summed E-state index contributed by atoms with van der Waals surface area (Å²) in [6.45, 7) is 3.00. The SMILES string of the molecule is CC(C1CCC1)N1CNC2(CC2)C1=O. The highest BCUT2D eigenvalue weighted by Gasteiger charge is 2.56. The van der Waals surface area contributed by atoms with Crippen LogP contribution in [-0.4, -0.2) is 29.1 Å². The molecule has 3 rings (SSSR count). The minimum atomic E-state index is -0.0992. The average molecular weight is 194 g/mol. The number of nitrogens with one attached hydrogen (secondary N) is 1. The summed E-state index contributed by atoms with van der Waals surface area (Å²) in [5, 5.41) is 3.37. The van der Waals surface area contributed by atoms with Gasteiger partial charge in [-0.05, 0) is 38.5 Å². The Morgan fingerprint density at radius 1 is 1.50 bits per heavy atom. The number of hydrogen-bond donors (Lipinski definition) is 1. The molecule has 2 aliphatic carbocycles. The van der Waals surface area contributed by atoms with Gasteiger partial charge in [-0.1, -0.05) is 6.42 Å². The monoisotopic (exact) mass is 194 g/mol. The maximum Gasteiger partial charge on any atom is 0.244 e. The zero-order chi connectivity index (χ0) is 9.76. The van der Waals surface area contributed by atoms with E-state index in [-0.39, 0.29) is 5.54 Å². The summed E-state index contributed by atoms with van der Waals surface area (Å²) < 4.78 is 0. The normalized spacial score (nSPS) is 32.1. The van der Waals surface area contributed by atoms with Crippen molar-refractivity contribution in [3.05, 3.63) is 0 Å². The molecule has 0 aromatic carbocycles. The highest BCUT2D eigenvalue weighted by Crippen LogP contribution is 2.42. The lowest BCUT2D eigenvalue weighted by atomic mass is 9.80. The van der Waals surface area contributed by atoms with E-state index in [1.165, 1.54) is 19.3 Å². The van der Waals surface area contributed by atoms with Gasteiger partial charge >= 0.3 is 0 Å². The molecule has 3 nitrogen and oxygen atoms in total. The van der Waals surface area contributed by atoms with E-state index in [1.807, 2.05) is 0 Å². The van der Waals surface area contributed by atoms with Crippen LogP contribution in [0.2, 0.25) is 0 Å². The van der Waals surface area contributed by atoms with Crippen molar-refractivity contribution in [2.75, 3.05) is 6.67 Å². The van der Waals surface area contributed by atoms with Crippen LogP contribution in [-0.2, 0) is 4.79 Å². The molecule has 1 heterocycles. The van der Waals surface area contributed by atoms with Crippen LogP contribution in [0.5, 0.6) is 0 Å². The molecule has 1 aliphatic heterocycles. The third kappa shape index (κ3) is 1.05. The zero-order valence-electron chi connectivity index (χ0n) is 8.75. The average Bonchev–Trinajstić information content (AvgIpc) is 2.75. The van der Waals surface area contributed by atoms with Crippen molar-refractivity contribution < 1.29 is 4.79 Å². The predicted octanol–water partition coefficient (Wildman–Crippen LogP) is 1.10. The lowest BCUT2D eigenvalue weighted by molar-refractivity contribution is -0.132.